The zero-order valence-electron chi connectivity index (χ0n) is 30.3. The maximum Gasteiger partial charge on any atom is 0.225 e. The molecule has 0 atom stereocenters. The zero-order valence-corrected chi connectivity index (χ0v) is 30.3. The van der Waals surface area contributed by atoms with Crippen molar-refractivity contribution in [2.45, 2.75) is 40.5 Å². The molecule has 2 heterocycles. The molecule has 0 saturated heterocycles. The first kappa shape index (κ1) is 36.1. The third kappa shape index (κ3) is 8.95. The summed E-state index contributed by atoms with van der Waals surface area (Å²) in [7, 11) is 0. The van der Waals surface area contributed by atoms with Gasteiger partial charge in [-0.2, -0.15) is 0 Å². The lowest BCUT2D eigenvalue weighted by Gasteiger charge is -2.17. The predicted molar refractivity (Wildman–Crippen MR) is 207 cm³/mol. The Bertz CT molecular complexity index is 1950. The van der Waals surface area contributed by atoms with Gasteiger partial charge in [-0.25, -0.2) is 9.36 Å². The van der Waals surface area contributed by atoms with E-state index in [2.05, 4.69) is 93.0 Å². The van der Waals surface area contributed by atoms with Crippen LogP contribution in [-0.4, -0.2) is 90.9 Å². The van der Waals surface area contributed by atoms with E-state index in [1.165, 1.54) is 0 Å². The molecule has 0 unspecified atom stereocenters. The molecule has 12 heteroatoms. The van der Waals surface area contributed by atoms with Gasteiger partial charge in [-0.1, -0.05) is 62.4 Å². The topological polar surface area (TPSA) is 126 Å². The largest absolute Gasteiger partial charge is 0.326 e. The molecular formula is C40H46N10O2. The number of rotatable bonds is 16. The number of carbonyl (C=O) groups is 2. The maximum atomic E-state index is 12.4. The molecule has 0 bridgehead atoms. The smallest absolute Gasteiger partial charge is 0.225 e. The van der Waals surface area contributed by atoms with E-state index in [1.54, 1.807) is 9.36 Å². The van der Waals surface area contributed by atoms with Crippen molar-refractivity contribution in [1.29, 1.82) is 0 Å². The van der Waals surface area contributed by atoms with Gasteiger partial charge in [0.25, 0.3) is 0 Å². The molecule has 268 valence electrons. The highest BCUT2D eigenvalue weighted by Gasteiger charge is 2.12. The van der Waals surface area contributed by atoms with Crippen LogP contribution in [0.1, 0.15) is 40.5 Å². The molecule has 6 rings (SSSR count). The first-order valence-corrected chi connectivity index (χ1v) is 18.0. The number of benzene rings is 4. The molecule has 0 aliphatic carbocycles. The van der Waals surface area contributed by atoms with Gasteiger partial charge in [0, 0.05) is 48.4 Å². The minimum atomic E-state index is 0.00145. The van der Waals surface area contributed by atoms with Crippen LogP contribution in [0.5, 0.6) is 0 Å². The van der Waals surface area contributed by atoms with Crippen molar-refractivity contribution < 1.29 is 9.59 Å². The number of fused-ring (bicyclic) bond motifs is 1. The van der Waals surface area contributed by atoms with E-state index >= 15 is 0 Å². The molecule has 2 amide bonds. The van der Waals surface area contributed by atoms with E-state index in [0.717, 1.165) is 95.3 Å². The minimum absolute atomic E-state index is 0.00145. The summed E-state index contributed by atoms with van der Waals surface area (Å²) in [5.74, 6) is 0.00289. The van der Waals surface area contributed by atoms with Crippen LogP contribution in [0, 0.1) is 0 Å². The summed E-state index contributed by atoms with van der Waals surface area (Å²) < 4.78 is 3.46. The van der Waals surface area contributed by atoms with Gasteiger partial charge in [0.1, 0.15) is 11.4 Å². The van der Waals surface area contributed by atoms with Crippen molar-refractivity contribution in [3.63, 3.8) is 0 Å². The van der Waals surface area contributed by atoms with E-state index in [1.807, 2.05) is 73.1 Å². The van der Waals surface area contributed by atoms with Crippen LogP contribution in [0.25, 0.3) is 44.7 Å². The number of amides is 2. The first-order valence-electron chi connectivity index (χ1n) is 18.0. The average molecular weight is 699 g/mol. The standard InChI is InChI=1S/C40H46N10O2/c1-5-47(6-2)23-21-39(51)41-33-13-17-35(18-14-33)49-27-37(43-45-49)30-11-9-29-10-12-31(26-32(29)25-30)38-28-50(46-44-38)36-19-15-34(16-20-36)42-40(52)22-24-48(7-3)8-4/h9-20,25-28H,5-8,21-24H2,1-4H3,(H,41,51)(H,42,52). The quantitative estimate of drug-likeness (QED) is 0.115. The summed E-state index contributed by atoms with van der Waals surface area (Å²) >= 11 is 0. The fraction of sp³-hybridized carbons (Fsp3) is 0.300. The van der Waals surface area contributed by atoms with Crippen molar-refractivity contribution in [2.24, 2.45) is 0 Å². The molecule has 0 aliphatic heterocycles. The van der Waals surface area contributed by atoms with Crippen LogP contribution in [-0.2, 0) is 9.59 Å². The molecule has 2 aromatic heterocycles. The highest BCUT2D eigenvalue weighted by molar-refractivity contribution is 5.92. The number of hydrogen-bond donors (Lipinski definition) is 2. The molecule has 4 aromatic carbocycles. The predicted octanol–water partition coefficient (Wildman–Crippen LogP) is 6.68. The number of hydrogen-bond acceptors (Lipinski definition) is 8. The summed E-state index contributed by atoms with van der Waals surface area (Å²) in [6.45, 7) is 13.6. The van der Waals surface area contributed by atoms with E-state index in [9.17, 15) is 9.59 Å². The van der Waals surface area contributed by atoms with Crippen LogP contribution >= 0.6 is 0 Å². The number of nitrogens with zero attached hydrogens (tertiary/aromatic N) is 8. The van der Waals surface area contributed by atoms with Gasteiger partial charge in [-0.15, -0.1) is 10.2 Å². The summed E-state index contributed by atoms with van der Waals surface area (Å²) in [4.78, 5) is 29.3. The summed E-state index contributed by atoms with van der Waals surface area (Å²) in [6.07, 6.45) is 4.71. The lowest BCUT2D eigenvalue weighted by atomic mass is 10.0. The van der Waals surface area contributed by atoms with Gasteiger partial charge in [-0.05, 0) is 97.6 Å². The highest BCUT2D eigenvalue weighted by Crippen LogP contribution is 2.28. The summed E-state index contributed by atoms with van der Waals surface area (Å²) in [6, 6.07) is 27.6. The van der Waals surface area contributed by atoms with Crippen LogP contribution < -0.4 is 10.6 Å². The normalized spacial score (nSPS) is 11.4. The third-order valence-electron chi connectivity index (χ3n) is 9.35. The van der Waals surface area contributed by atoms with Gasteiger partial charge in [-0.3, -0.25) is 9.59 Å². The van der Waals surface area contributed by atoms with Crippen molar-refractivity contribution in [3.8, 4) is 33.9 Å². The van der Waals surface area contributed by atoms with Crippen LogP contribution in [0.15, 0.2) is 97.3 Å². The molecular weight excluding hydrogens is 653 g/mol. The number of carbonyl (C=O) groups excluding carboxylic acids is 2. The van der Waals surface area contributed by atoms with Gasteiger partial charge in [0.2, 0.25) is 11.8 Å². The Morgan fingerprint density at radius 2 is 0.962 bits per heavy atom. The molecule has 2 N–H and O–H groups in total. The zero-order chi connectivity index (χ0) is 36.5. The highest BCUT2D eigenvalue weighted by atomic mass is 16.2. The van der Waals surface area contributed by atoms with E-state index in [-0.39, 0.29) is 11.8 Å². The lowest BCUT2D eigenvalue weighted by molar-refractivity contribution is -0.117. The van der Waals surface area contributed by atoms with Crippen molar-refractivity contribution >= 4 is 34.0 Å². The Kier molecular flexibility index (Phi) is 11.8. The first-order chi connectivity index (χ1) is 25.3. The second-order valence-electron chi connectivity index (χ2n) is 12.6. The molecule has 0 aliphatic rings. The van der Waals surface area contributed by atoms with E-state index < -0.39 is 0 Å². The van der Waals surface area contributed by atoms with Crippen LogP contribution in [0.4, 0.5) is 11.4 Å². The second-order valence-corrected chi connectivity index (χ2v) is 12.6. The van der Waals surface area contributed by atoms with Gasteiger partial charge >= 0.3 is 0 Å². The van der Waals surface area contributed by atoms with Crippen LogP contribution in [0.2, 0.25) is 0 Å². The number of anilines is 2. The number of aromatic nitrogens is 6. The molecule has 52 heavy (non-hydrogen) atoms. The van der Waals surface area contributed by atoms with E-state index in [0.29, 0.717) is 12.8 Å². The summed E-state index contributed by atoms with van der Waals surface area (Å²) in [5.41, 5.74) is 6.56. The molecule has 0 fully saturated rings. The lowest BCUT2D eigenvalue weighted by Crippen LogP contribution is -2.27. The second kappa shape index (κ2) is 17.0. The van der Waals surface area contributed by atoms with Crippen LogP contribution in [0.3, 0.4) is 0 Å². The Hall–Kier alpha value is -5.72. The maximum absolute atomic E-state index is 12.4. The Labute approximate surface area is 304 Å². The molecule has 0 spiro atoms. The Morgan fingerprint density at radius 3 is 1.35 bits per heavy atom. The SMILES string of the molecule is CCN(CC)CCC(=O)Nc1ccc(-n2cc(-c3ccc4ccc(-c5cn(-c6ccc(NC(=O)CCN(CC)CC)cc6)nn5)cc4c3)nn2)cc1. The Morgan fingerprint density at radius 1 is 0.558 bits per heavy atom. The summed E-state index contributed by atoms with van der Waals surface area (Å²) in [5, 5.41) is 25.7. The van der Waals surface area contributed by atoms with Crippen molar-refractivity contribution in [1.82, 2.24) is 39.8 Å². The van der Waals surface area contributed by atoms with E-state index in [4.69, 9.17) is 0 Å². The number of nitrogens with one attached hydrogen (secondary N) is 2. The molecule has 0 saturated carbocycles. The van der Waals surface area contributed by atoms with Crippen molar-refractivity contribution in [3.05, 3.63) is 97.3 Å². The minimum Gasteiger partial charge on any atom is -0.326 e. The third-order valence-corrected chi connectivity index (χ3v) is 9.35. The monoisotopic (exact) mass is 698 g/mol. The molecule has 6 aromatic rings. The molecule has 0 radical (unpaired) electrons. The average Bonchev–Trinajstić information content (AvgIpc) is 3.88. The van der Waals surface area contributed by atoms with Crippen molar-refractivity contribution in [2.75, 3.05) is 49.9 Å². The van der Waals surface area contributed by atoms with Gasteiger partial charge in [0.15, 0.2) is 0 Å². The Balaban J connectivity index is 1.10. The fourth-order valence-electron chi connectivity index (χ4n) is 6.05. The van der Waals surface area contributed by atoms with Gasteiger partial charge in [0.05, 0.1) is 23.8 Å². The molecule has 12 nitrogen and oxygen atoms in total. The van der Waals surface area contributed by atoms with Gasteiger partial charge < -0.3 is 20.4 Å². The fourth-order valence-corrected chi connectivity index (χ4v) is 6.05.